The molecule has 0 spiro atoms. The highest BCUT2D eigenvalue weighted by atomic mass is 79.9. The van der Waals surface area contributed by atoms with E-state index in [4.69, 9.17) is 4.74 Å². The molecule has 2 rings (SSSR count). The SMILES string of the molecule is CN(CC(=O)Nc1cccc(F)c1)C(=O)COc1ccc(Br)cc1. The van der Waals surface area contributed by atoms with Gasteiger partial charge in [0.15, 0.2) is 6.61 Å². The second-order valence-electron chi connectivity index (χ2n) is 5.05. The summed E-state index contributed by atoms with van der Waals surface area (Å²) >= 11 is 3.31. The molecule has 0 radical (unpaired) electrons. The molecule has 0 bridgehead atoms. The lowest BCUT2D eigenvalue weighted by Crippen LogP contribution is -2.37. The number of anilines is 1. The maximum atomic E-state index is 13.1. The summed E-state index contributed by atoms with van der Waals surface area (Å²) in [6.45, 7) is -0.329. The van der Waals surface area contributed by atoms with Crippen molar-refractivity contribution in [2.24, 2.45) is 0 Å². The molecule has 7 heteroatoms. The Labute approximate surface area is 147 Å². The van der Waals surface area contributed by atoms with Gasteiger partial charge in [-0.05, 0) is 42.5 Å². The summed E-state index contributed by atoms with van der Waals surface area (Å²) in [6.07, 6.45) is 0. The minimum Gasteiger partial charge on any atom is -0.484 e. The fraction of sp³-hybridized carbons (Fsp3) is 0.176. The number of rotatable bonds is 6. The zero-order chi connectivity index (χ0) is 17.5. The highest BCUT2D eigenvalue weighted by molar-refractivity contribution is 9.10. The van der Waals surface area contributed by atoms with Crippen molar-refractivity contribution in [2.75, 3.05) is 25.5 Å². The van der Waals surface area contributed by atoms with Gasteiger partial charge in [0.2, 0.25) is 5.91 Å². The Balaban J connectivity index is 1.80. The number of hydrogen-bond donors (Lipinski definition) is 1. The van der Waals surface area contributed by atoms with Gasteiger partial charge in [0.25, 0.3) is 5.91 Å². The fourth-order valence-corrected chi connectivity index (χ4v) is 2.12. The van der Waals surface area contributed by atoms with Crippen molar-refractivity contribution in [3.63, 3.8) is 0 Å². The first-order chi connectivity index (χ1) is 11.4. The number of nitrogens with zero attached hydrogens (tertiary/aromatic N) is 1. The van der Waals surface area contributed by atoms with Crippen molar-refractivity contribution in [1.29, 1.82) is 0 Å². The lowest BCUT2D eigenvalue weighted by molar-refractivity contribution is -0.135. The number of amides is 2. The van der Waals surface area contributed by atoms with Crippen molar-refractivity contribution in [1.82, 2.24) is 4.90 Å². The van der Waals surface area contributed by atoms with Gasteiger partial charge in [-0.2, -0.15) is 0 Å². The van der Waals surface area contributed by atoms with Crippen LogP contribution in [0.4, 0.5) is 10.1 Å². The van der Waals surface area contributed by atoms with Crippen molar-refractivity contribution in [3.8, 4) is 5.75 Å². The molecule has 0 fully saturated rings. The molecule has 5 nitrogen and oxygen atoms in total. The first-order valence-corrected chi connectivity index (χ1v) is 7.91. The number of halogens is 2. The molecule has 0 atom stereocenters. The fourth-order valence-electron chi connectivity index (χ4n) is 1.86. The molecular formula is C17H16BrFN2O3. The topological polar surface area (TPSA) is 58.6 Å². The molecular weight excluding hydrogens is 379 g/mol. The second-order valence-corrected chi connectivity index (χ2v) is 5.97. The van der Waals surface area contributed by atoms with Gasteiger partial charge in [0, 0.05) is 17.2 Å². The molecule has 0 aliphatic carbocycles. The molecule has 0 aliphatic heterocycles. The van der Waals surface area contributed by atoms with Crippen LogP contribution in [0.15, 0.2) is 53.0 Å². The van der Waals surface area contributed by atoms with E-state index in [1.807, 2.05) is 0 Å². The molecule has 0 saturated heterocycles. The Bertz CT molecular complexity index is 722. The van der Waals surface area contributed by atoms with E-state index in [0.29, 0.717) is 11.4 Å². The number of benzene rings is 2. The Morgan fingerprint density at radius 2 is 1.92 bits per heavy atom. The van der Waals surface area contributed by atoms with Crippen LogP contribution in [0.3, 0.4) is 0 Å². The molecule has 0 heterocycles. The number of carbonyl (C=O) groups is 2. The maximum Gasteiger partial charge on any atom is 0.260 e. The van der Waals surface area contributed by atoms with Crippen LogP contribution in [0, 0.1) is 5.82 Å². The van der Waals surface area contributed by atoms with Gasteiger partial charge >= 0.3 is 0 Å². The standard InChI is InChI=1S/C17H16BrFN2O3/c1-21(10-16(22)20-14-4-2-3-13(19)9-14)17(23)11-24-15-7-5-12(18)6-8-15/h2-9H,10-11H2,1H3,(H,20,22). The van der Waals surface area contributed by atoms with Gasteiger partial charge in [0.1, 0.15) is 11.6 Å². The molecule has 0 unspecified atom stereocenters. The van der Waals surface area contributed by atoms with Crippen molar-refractivity contribution in [3.05, 3.63) is 58.8 Å². The van der Waals surface area contributed by atoms with Crippen molar-refractivity contribution < 1.29 is 18.7 Å². The lowest BCUT2D eigenvalue weighted by atomic mass is 10.3. The summed E-state index contributed by atoms with van der Waals surface area (Å²) in [6, 6.07) is 12.6. The summed E-state index contributed by atoms with van der Waals surface area (Å²) < 4.78 is 19.3. The molecule has 2 aromatic carbocycles. The third-order valence-corrected chi connectivity index (χ3v) is 3.62. The molecule has 2 amide bonds. The molecule has 1 N–H and O–H groups in total. The zero-order valence-corrected chi connectivity index (χ0v) is 14.5. The number of carbonyl (C=O) groups excluding carboxylic acids is 2. The Hall–Kier alpha value is -2.41. The molecule has 0 aromatic heterocycles. The van der Waals surface area contributed by atoms with E-state index >= 15 is 0 Å². The van der Waals surface area contributed by atoms with E-state index in [1.165, 1.54) is 30.1 Å². The minimum absolute atomic E-state index is 0.154. The van der Waals surface area contributed by atoms with Crippen LogP contribution in [-0.4, -0.2) is 36.9 Å². The predicted octanol–water partition coefficient (Wildman–Crippen LogP) is 3.06. The van der Waals surface area contributed by atoms with E-state index in [1.54, 1.807) is 30.3 Å². The minimum atomic E-state index is -0.444. The van der Waals surface area contributed by atoms with Crippen LogP contribution in [-0.2, 0) is 9.59 Å². The van der Waals surface area contributed by atoms with Crippen LogP contribution in [0.2, 0.25) is 0 Å². The summed E-state index contributed by atoms with van der Waals surface area (Å²) in [7, 11) is 1.50. The van der Waals surface area contributed by atoms with E-state index in [2.05, 4.69) is 21.2 Å². The van der Waals surface area contributed by atoms with E-state index in [-0.39, 0.29) is 19.1 Å². The first-order valence-electron chi connectivity index (χ1n) is 7.12. The smallest absolute Gasteiger partial charge is 0.260 e. The Morgan fingerprint density at radius 3 is 2.58 bits per heavy atom. The van der Waals surface area contributed by atoms with Gasteiger partial charge in [-0.25, -0.2) is 4.39 Å². The van der Waals surface area contributed by atoms with Gasteiger partial charge in [-0.1, -0.05) is 22.0 Å². The van der Waals surface area contributed by atoms with Crippen molar-refractivity contribution >= 4 is 33.4 Å². The molecule has 126 valence electrons. The third-order valence-electron chi connectivity index (χ3n) is 3.09. The highest BCUT2D eigenvalue weighted by Gasteiger charge is 2.14. The van der Waals surface area contributed by atoms with Gasteiger partial charge in [-0.3, -0.25) is 9.59 Å². The third kappa shape index (κ3) is 5.66. The quantitative estimate of drug-likeness (QED) is 0.818. The van der Waals surface area contributed by atoms with Gasteiger partial charge in [-0.15, -0.1) is 0 Å². The largest absolute Gasteiger partial charge is 0.484 e. The van der Waals surface area contributed by atoms with Crippen LogP contribution < -0.4 is 10.1 Å². The molecule has 24 heavy (non-hydrogen) atoms. The van der Waals surface area contributed by atoms with Crippen LogP contribution in [0.5, 0.6) is 5.75 Å². The average Bonchev–Trinajstić information content (AvgIpc) is 2.53. The molecule has 2 aromatic rings. The van der Waals surface area contributed by atoms with Crippen LogP contribution >= 0.6 is 15.9 Å². The molecule has 0 saturated carbocycles. The Kier molecular flexibility index (Phi) is 6.31. The number of hydrogen-bond acceptors (Lipinski definition) is 3. The van der Waals surface area contributed by atoms with Gasteiger partial charge in [0.05, 0.1) is 6.54 Å². The van der Waals surface area contributed by atoms with Gasteiger partial charge < -0.3 is 15.0 Å². The van der Waals surface area contributed by atoms with Crippen LogP contribution in [0.1, 0.15) is 0 Å². The number of likely N-dealkylation sites (N-methyl/N-ethyl adjacent to an activating group) is 1. The monoisotopic (exact) mass is 394 g/mol. The second kappa shape index (κ2) is 8.44. The Morgan fingerprint density at radius 1 is 1.21 bits per heavy atom. The lowest BCUT2D eigenvalue weighted by Gasteiger charge is -2.17. The molecule has 0 aliphatic rings. The number of ether oxygens (including phenoxy) is 1. The summed E-state index contributed by atoms with van der Waals surface area (Å²) in [5.41, 5.74) is 0.340. The summed E-state index contributed by atoms with van der Waals surface area (Å²) in [5.74, 6) is -0.642. The van der Waals surface area contributed by atoms with E-state index in [9.17, 15) is 14.0 Å². The zero-order valence-electron chi connectivity index (χ0n) is 13.0. The summed E-state index contributed by atoms with van der Waals surface area (Å²) in [5, 5.41) is 2.53. The first kappa shape index (κ1) is 17.9. The summed E-state index contributed by atoms with van der Waals surface area (Å²) in [4.78, 5) is 25.1. The predicted molar refractivity (Wildman–Crippen MR) is 92.3 cm³/mol. The van der Waals surface area contributed by atoms with Crippen molar-refractivity contribution in [2.45, 2.75) is 0 Å². The number of nitrogens with one attached hydrogen (secondary N) is 1. The van der Waals surface area contributed by atoms with E-state index < -0.39 is 11.7 Å². The normalized spacial score (nSPS) is 10.1. The highest BCUT2D eigenvalue weighted by Crippen LogP contribution is 2.16. The van der Waals surface area contributed by atoms with E-state index in [0.717, 1.165) is 4.47 Å². The maximum absolute atomic E-state index is 13.1. The average molecular weight is 395 g/mol. The van der Waals surface area contributed by atoms with Crippen LogP contribution in [0.25, 0.3) is 0 Å².